The van der Waals surface area contributed by atoms with Gasteiger partial charge >= 0.3 is 0 Å². The van der Waals surface area contributed by atoms with E-state index >= 15 is 0 Å². The van der Waals surface area contributed by atoms with Crippen LogP contribution in [0.25, 0.3) is 11.0 Å². The lowest BCUT2D eigenvalue weighted by Gasteiger charge is -2.15. The van der Waals surface area contributed by atoms with Gasteiger partial charge in [-0.2, -0.15) is 0 Å². The average molecular weight is 397 g/mol. The van der Waals surface area contributed by atoms with Crippen molar-refractivity contribution in [2.75, 3.05) is 21.3 Å². The molecule has 6 nitrogen and oxygen atoms in total. The monoisotopic (exact) mass is 397 g/mol. The van der Waals surface area contributed by atoms with Crippen LogP contribution in [0.1, 0.15) is 35.0 Å². The molecule has 3 rings (SSSR count). The second-order valence-electron chi connectivity index (χ2n) is 7.01. The number of methoxy groups -OCH3 is 3. The van der Waals surface area contributed by atoms with Gasteiger partial charge < -0.3 is 23.9 Å². The van der Waals surface area contributed by atoms with Crippen LogP contribution in [-0.2, 0) is 6.42 Å². The maximum absolute atomic E-state index is 12.7. The van der Waals surface area contributed by atoms with Gasteiger partial charge in [0.1, 0.15) is 22.8 Å². The van der Waals surface area contributed by atoms with Crippen molar-refractivity contribution in [2.45, 2.75) is 32.7 Å². The van der Waals surface area contributed by atoms with Gasteiger partial charge in [-0.15, -0.1) is 0 Å². The molecule has 0 aliphatic heterocycles. The number of amides is 1. The summed E-state index contributed by atoms with van der Waals surface area (Å²) in [6.45, 7) is 3.87. The fraction of sp³-hybridized carbons (Fsp3) is 0.348. The molecule has 0 saturated heterocycles. The summed E-state index contributed by atoms with van der Waals surface area (Å²) in [5.41, 5.74) is 2.54. The Kier molecular flexibility index (Phi) is 6.32. The normalized spacial score (nSPS) is 11.9. The lowest BCUT2D eigenvalue weighted by atomic mass is 10.0. The number of hydrogen-bond acceptors (Lipinski definition) is 5. The van der Waals surface area contributed by atoms with E-state index in [1.807, 2.05) is 44.2 Å². The molecule has 1 unspecified atom stereocenters. The van der Waals surface area contributed by atoms with Gasteiger partial charge in [-0.05, 0) is 50.5 Å². The highest BCUT2D eigenvalue weighted by molar-refractivity contribution is 5.99. The summed E-state index contributed by atoms with van der Waals surface area (Å²) in [7, 11) is 4.87. The molecule has 0 aliphatic rings. The first-order valence-corrected chi connectivity index (χ1v) is 9.55. The first-order chi connectivity index (χ1) is 14.0. The molecule has 0 radical (unpaired) electrons. The third kappa shape index (κ3) is 4.47. The van der Waals surface area contributed by atoms with E-state index in [9.17, 15) is 4.79 Å². The number of benzene rings is 2. The van der Waals surface area contributed by atoms with Crippen LogP contribution in [0.5, 0.6) is 17.2 Å². The number of fused-ring (bicyclic) bond motifs is 1. The molecule has 0 bridgehead atoms. The third-order valence-corrected chi connectivity index (χ3v) is 5.07. The van der Waals surface area contributed by atoms with Crippen LogP contribution >= 0.6 is 0 Å². The number of nitrogens with one attached hydrogen (secondary N) is 1. The zero-order chi connectivity index (χ0) is 21.0. The second kappa shape index (κ2) is 8.90. The third-order valence-electron chi connectivity index (χ3n) is 5.07. The molecule has 154 valence electrons. The Labute approximate surface area is 170 Å². The first-order valence-electron chi connectivity index (χ1n) is 9.55. The van der Waals surface area contributed by atoms with E-state index in [1.54, 1.807) is 27.4 Å². The van der Waals surface area contributed by atoms with E-state index < -0.39 is 0 Å². The van der Waals surface area contributed by atoms with Crippen molar-refractivity contribution in [1.82, 2.24) is 5.32 Å². The highest BCUT2D eigenvalue weighted by Crippen LogP contribution is 2.29. The van der Waals surface area contributed by atoms with E-state index in [4.69, 9.17) is 18.6 Å². The molecular weight excluding hydrogens is 370 g/mol. The quantitative estimate of drug-likeness (QED) is 0.605. The maximum Gasteiger partial charge on any atom is 0.287 e. The molecule has 1 aromatic heterocycles. The SMILES string of the molecule is COc1ccc(CCC(C)NC(=O)c2oc3cc(OC)ccc3c2C)c(OC)c1. The number of ether oxygens (including phenoxy) is 3. The molecular formula is C23H27NO5. The molecule has 0 fully saturated rings. The highest BCUT2D eigenvalue weighted by Gasteiger charge is 2.20. The lowest BCUT2D eigenvalue weighted by Crippen LogP contribution is -2.33. The number of carbonyl (C=O) groups excluding carboxylic acids is 1. The van der Waals surface area contributed by atoms with Crippen LogP contribution < -0.4 is 19.5 Å². The van der Waals surface area contributed by atoms with Gasteiger partial charge in [-0.3, -0.25) is 4.79 Å². The minimum atomic E-state index is -0.216. The maximum atomic E-state index is 12.7. The predicted molar refractivity (Wildman–Crippen MR) is 112 cm³/mol. The van der Waals surface area contributed by atoms with Gasteiger partial charge in [-0.25, -0.2) is 0 Å². The van der Waals surface area contributed by atoms with Crippen LogP contribution in [0.15, 0.2) is 40.8 Å². The number of carbonyl (C=O) groups is 1. The Morgan fingerprint density at radius 1 is 1.03 bits per heavy atom. The summed E-state index contributed by atoms with van der Waals surface area (Å²) < 4.78 is 21.7. The van der Waals surface area contributed by atoms with Crippen LogP contribution in [0, 0.1) is 6.92 Å². The number of furan rings is 1. The van der Waals surface area contributed by atoms with Crippen molar-refractivity contribution in [2.24, 2.45) is 0 Å². The van der Waals surface area contributed by atoms with Crippen molar-refractivity contribution < 1.29 is 23.4 Å². The van der Waals surface area contributed by atoms with E-state index in [0.29, 0.717) is 17.1 Å². The Hall–Kier alpha value is -3.15. The molecule has 6 heteroatoms. The van der Waals surface area contributed by atoms with Gasteiger partial charge in [0.15, 0.2) is 5.76 Å². The molecule has 0 spiro atoms. The van der Waals surface area contributed by atoms with Gasteiger partial charge in [0.05, 0.1) is 21.3 Å². The Balaban J connectivity index is 1.66. The van der Waals surface area contributed by atoms with E-state index in [0.717, 1.165) is 40.9 Å². The molecule has 29 heavy (non-hydrogen) atoms. The van der Waals surface area contributed by atoms with Crippen molar-refractivity contribution in [3.8, 4) is 17.2 Å². The predicted octanol–water partition coefficient (Wildman–Crippen LogP) is 4.52. The van der Waals surface area contributed by atoms with E-state index in [-0.39, 0.29) is 11.9 Å². The van der Waals surface area contributed by atoms with Gasteiger partial charge in [0.25, 0.3) is 5.91 Å². The van der Waals surface area contributed by atoms with E-state index in [1.165, 1.54) is 0 Å². The molecule has 1 heterocycles. The summed E-state index contributed by atoms with van der Waals surface area (Å²) in [5, 5.41) is 3.94. The Bertz CT molecular complexity index is 1010. The fourth-order valence-corrected chi connectivity index (χ4v) is 3.34. The average Bonchev–Trinajstić information content (AvgIpc) is 3.07. The summed E-state index contributed by atoms with van der Waals surface area (Å²) >= 11 is 0. The van der Waals surface area contributed by atoms with Gasteiger partial charge in [0.2, 0.25) is 0 Å². The Morgan fingerprint density at radius 2 is 1.72 bits per heavy atom. The topological polar surface area (TPSA) is 69.9 Å². The minimum absolute atomic E-state index is 0.0311. The Morgan fingerprint density at radius 3 is 2.41 bits per heavy atom. The molecule has 2 aromatic carbocycles. The van der Waals surface area contributed by atoms with Gasteiger partial charge in [-0.1, -0.05) is 6.07 Å². The van der Waals surface area contributed by atoms with Crippen LogP contribution in [0.3, 0.4) is 0 Å². The first kappa shape index (κ1) is 20.6. The largest absolute Gasteiger partial charge is 0.497 e. The zero-order valence-corrected chi connectivity index (χ0v) is 17.5. The van der Waals surface area contributed by atoms with Gasteiger partial charge in [0, 0.05) is 29.1 Å². The van der Waals surface area contributed by atoms with E-state index in [2.05, 4.69) is 5.32 Å². The summed E-state index contributed by atoms with van der Waals surface area (Å²) in [6.07, 6.45) is 1.53. The van der Waals surface area contributed by atoms with Crippen molar-refractivity contribution in [1.29, 1.82) is 0 Å². The molecule has 1 N–H and O–H groups in total. The fourth-order valence-electron chi connectivity index (χ4n) is 3.34. The number of aryl methyl sites for hydroxylation is 2. The van der Waals surface area contributed by atoms with Crippen molar-refractivity contribution in [3.63, 3.8) is 0 Å². The summed E-state index contributed by atoms with van der Waals surface area (Å²) in [6, 6.07) is 11.3. The molecule has 3 aromatic rings. The summed E-state index contributed by atoms with van der Waals surface area (Å²) in [5.74, 6) is 2.35. The standard InChI is InChI=1S/C23H27NO5/c1-14(6-7-16-8-9-17(26-3)12-20(16)28-5)24-23(25)22-15(2)19-11-10-18(27-4)13-21(19)29-22/h8-14H,6-7H2,1-5H3,(H,24,25). The lowest BCUT2D eigenvalue weighted by molar-refractivity contribution is 0.0911. The highest BCUT2D eigenvalue weighted by atomic mass is 16.5. The second-order valence-corrected chi connectivity index (χ2v) is 7.01. The molecule has 0 aliphatic carbocycles. The zero-order valence-electron chi connectivity index (χ0n) is 17.5. The minimum Gasteiger partial charge on any atom is -0.497 e. The number of hydrogen-bond donors (Lipinski definition) is 1. The molecule has 0 saturated carbocycles. The molecule has 1 atom stereocenters. The number of rotatable bonds is 8. The molecule has 1 amide bonds. The van der Waals surface area contributed by atoms with Crippen LogP contribution in [0.2, 0.25) is 0 Å². The van der Waals surface area contributed by atoms with Crippen molar-refractivity contribution in [3.05, 3.63) is 53.3 Å². The van der Waals surface area contributed by atoms with Crippen LogP contribution in [-0.4, -0.2) is 33.3 Å². The smallest absolute Gasteiger partial charge is 0.287 e. The summed E-state index contributed by atoms with van der Waals surface area (Å²) in [4.78, 5) is 12.7. The van der Waals surface area contributed by atoms with Crippen LogP contribution in [0.4, 0.5) is 0 Å². The van der Waals surface area contributed by atoms with Crippen molar-refractivity contribution >= 4 is 16.9 Å².